The van der Waals surface area contributed by atoms with Crippen molar-refractivity contribution >= 4 is 12.4 Å². The lowest BCUT2D eigenvalue weighted by atomic mass is 10.0. The van der Waals surface area contributed by atoms with Crippen molar-refractivity contribution in [3.63, 3.8) is 0 Å². The maximum atomic E-state index is 13.1. The Balaban J connectivity index is 0.00000208. The molecule has 0 aromatic heterocycles. The minimum absolute atomic E-state index is 0. The summed E-state index contributed by atoms with van der Waals surface area (Å²) in [5.74, 6) is -0.00866. The van der Waals surface area contributed by atoms with Crippen molar-refractivity contribution in [2.75, 3.05) is 19.6 Å². The summed E-state index contributed by atoms with van der Waals surface area (Å²) in [7, 11) is 0. The van der Waals surface area contributed by atoms with Crippen molar-refractivity contribution in [2.24, 2.45) is 5.92 Å². The fraction of sp³-hybridized carbons (Fsp3) is 0.647. The topological polar surface area (TPSA) is 15.3 Å². The van der Waals surface area contributed by atoms with Gasteiger partial charge >= 0.3 is 6.18 Å². The Morgan fingerprint density at radius 1 is 1.08 bits per heavy atom. The van der Waals surface area contributed by atoms with E-state index in [1.165, 1.54) is 18.9 Å². The third-order valence-corrected chi connectivity index (χ3v) is 4.75. The van der Waals surface area contributed by atoms with Gasteiger partial charge in [-0.1, -0.05) is 6.07 Å². The van der Waals surface area contributed by atoms with E-state index in [2.05, 4.69) is 5.32 Å². The van der Waals surface area contributed by atoms with Crippen LogP contribution in [-0.4, -0.2) is 30.6 Å². The molecule has 0 bridgehead atoms. The van der Waals surface area contributed by atoms with E-state index >= 15 is 0 Å². The molecule has 1 aliphatic carbocycles. The van der Waals surface area contributed by atoms with Gasteiger partial charge in [0.2, 0.25) is 0 Å². The fourth-order valence-corrected chi connectivity index (χ4v) is 3.14. The average molecular weight is 367 g/mol. The Labute approximate surface area is 146 Å². The van der Waals surface area contributed by atoms with Crippen molar-refractivity contribution in [3.8, 4) is 0 Å². The van der Waals surface area contributed by atoms with Gasteiger partial charge in [-0.15, -0.1) is 12.4 Å². The van der Waals surface area contributed by atoms with Crippen LogP contribution in [0.4, 0.5) is 17.6 Å². The first-order chi connectivity index (χ1) is 10.9. The van der Waals surface area contributed by atoms with E-state index in [4.69, 9.17) is 0 Å². The van der Waals surface area contributed by atoms with E-state index in [9.17, 15) is 17.6 Å². The molecule has 1 saturated carbocycles. The van der Waals surface area contributed by atoms with Crippen LogP contribution in [0, 0.1) is 11.7 Å². The third-order valence-electron chi connectivity index (χ3n) is 4.75. The van der Waals surface area contributed by atoms with E-state index in [1.54, 1.807) is 0 Å². The SMILES string of the molecule is Cl.Fc1ccc(CN2CCC(NCC3CC3)CC2)c(C(F)(F)F)c1. The Kier molecular flexibility index (Phi) is 6.51. The number of benzene rings is 1. The molecule has 1 aliphatic heterocycles. The zero-order valence-electron chi connectivity index (χ0n) is 13.4. The molecule has 1 aromatic carbocycles. The van der Waals surface area contributed by atoms with Crippen LogP contribution in [0.15, 0.2) is 18.2 Å². The van der Waals surface area contributed by atoms with Gasteiger partial charge in [0.15, 0.2) is 0 Å². The van der Waals surface area contributed by atoms with E-state index in [1.807, 2.05) is 4.90 Å². The van der Waals surface area contributed by atoms with Gasteiger partial charge < -0.3 is 5.32 Å². The normalized spacial score (nSPS) is 20.0. The second-order valence-electron chi connectivity index (χ2n) is 6.70. The molecule has 0 amide bonds. The smallest absolute Gasteiger partial charge is 0.314 e. The molecule has 0 unspecified atom stereocenters. The summed E-state index contributed by atoms with van der Waals surface area (Å²) in [5.41, 5.74) is -0.699. The Morgan fingerprint density at radius 2 is 1.75 bits per heavy atom. The lowest BCUT2D eigenvalue weighted by molar-refractivity contribution is -0.138. The predicted molar refractivity (Wildman–Crippen MR) is 87.7 cm³/mol. The number of halogens is 5. The molecule has 136 valence electrons. The molecule has 1 aromatic rings. The van der Waals surface area contributed by atoms with Crippen LogP contribution < -0.4 is 5.32 Å². The van der Waals surface area contributed by atoms with Gasteiger partial charge in [0.1, 0.15) is 5.82 Å². The number of piperidine rings is 1. The fourth-order valence-electron chi connectivity index (χ4n) is 3.14. The van der Waals surface area contributed by atoms with Gasteiger partial charge in [-0.05, 0) is 68.9 Å². The quantitative estimate of drug-likeness (QED) is 0.784. The summed E-state index contributed by atoms with van der Waals surface area (Å²) in [6.45, 7) is 2.85. The van der Waals surface area contributed by atoms with Crippen molar-refractivity contribution in [1.29, 1.82) is 0 Å². The molecule has 0 radical (unpaired) electrons. The molecule has 1 N–H and O–H groups in total. The number of nitrogens with zero attached hydrogens (tertiary/aromatic N) is 1. The van der Waals surface area contributed by atoms with Crippen LogP contribution in [0.25, 0.3) is 0 Å². The van der Waals surface area contributed by atoms with E-state index in [0.717, 1.165) is 44.5 Å². The zero-order chi connectivity index (χ0) is 16.4. The molecule has 2 aliphatic rings. The molecule has 3 rings (SSSR count). The van der Waals surface area contributed by atoms with Crippen molar-refractivity contribution in [1.82, 2.24) is 10.2 Å². The van der Waals surface area contributed by atoms with Crippen LogP contribution in [0.3, 0.4) is 0 Å². The lowest BCUT2D eigenvalue weighted by Gasteiger charge is -2.33. The first-order valence-corrected chi connectivity index (χ1v) is 8.23. The first-order valence-electron chi connectivity index (χ1n) is 8.23. The highest BCUT2D eigenvalue weighted by Gasteiger charge is 2.34. The van der Waals surface area contributed by atoms with Crippen LogP contribution in [0.5, 0.6) is 0 Å². The minimum Gasteiger partial charge on any atom is -0.314 e. The van der Waals surface area contributed by atoms with Crippen LogP contribution in [0.1, 0.15) is 36.8 Å². The Hall–Kier alpha value is -0.850. The highest BCUT2D eigenvalue weighted by Crippen LogP contribution is 2.33. The van der Waals surface area contributed by atoms with Crippen molar-refractivity contribution < 1.29 is 17.6 Å². The largest absolute Gasteiger partial charge is 0.416 e. The summed E-state index contributed by atoms with van der Waals surface area (Å²) in [4.78, 5) is 2.03. The summed E-state index contributed by atoms with van der Waals surface area (Å²) < 4.78 is 52.2. The number of nitrogens with one attached hydrogen (secondary N) is 1. The predicted octanol–water partition coefficient (Wildman–Crippen LogP) is 4.23. The molecule has 0 spiro atoms. The van der Waals surface area contributed by atoms with Crippen molar-refractivity contribution in [2.45, 2.75) is 44.4 Å². The zero-order valence-corrected chi connectivity index (χ0v) is 14.2. The number of likely N-dealkylation sites (tertiary alicyclic amines) is 1. The molecular weight excluding hydrogens is 344 g/mol. The first kappa shape index (κ1) is 19.5. The van der Waals surface area contributed by atoms with Gasteiger partial charge in [-0.2, -0.15) is 13.2 Å². The summed E-state index contributed by atoms with van der Waals surface area (Å²) in [6.07, 6.45) is 0.0272. The maximum absolute atomic E-state index is 13.1. The summed E-state index contributed by atoms with van der Waals surface area (Å²) >= 11 is 0. The number of alkyl halides is 3. The van der Waals surface area contributed by atoms with Gasteiger partial charge in [0.05, 0.1) is 5.56 Å². The molecule has 2 fully saturated rings. The number of rotatable bonds is 5. The number of hydrogen-bond acceptors (Lipinski definition) is 2. The molecule has 1 heterocycles. The van der Waals surface area contributed by atoms with Gasteiger partial charge in [0, 0.05) is 12.6 Å². The Bertz CT molecular complexity index is 538. The lowest BCUT2D eigenvalue weighted by Crippen LogP contribution is -2.42. The highest BCUT2D eigenvalue weighted by molar-refractivity contribution is 5.85. The van der Waals surface area contributed by atoms with Crippen LogP contribution in [-0.2, 0) is 12.7 Å². The highest BCUT2D eigenvalue weighted by atomic mass is 35.5. The van der Waals surface area contributed by atoms with Gasteiger partial charge in [-0.3, -0.25) is 4.90 Å². The summed E-state index contributed by atoms with van der Waals surface area (Å²) in [5, 5.41) is 3.55. The third kappa shape index (κ3) is 5.33. The average Bonchev–Trinajstić information content (AvgIpc) is 3.32. The second-order valence-corrected chi connectivity index (χ2v) is 6.70. The van der Waals surface area contributed by atoms with Crippen LogP contribution >= 0.6 is 12.4 Å². The van der Waals surface area contributed by atoms with Gasteiger partial charge in [0.25, 0.3) is 0 Å². The van der Waals surface area contributed by atoms with E-state index in [0.29, 0.717) is 12.1 Å². The minimum atomic E-state index is -4.51. The molecular formula is C17H23ClF4N2. The summed E-state index contributed by atoms with van der Waals surface area (Å²) in [6, 6.07) is 3.44. The van der Waals surface area contributed by atoms with Crippen molar-refractivity contribution in [3.05, 3.63) is 35.1 Å². The molecule has 2 nitrogen and oxygen atoms in total. The van der Waals surface area contributed by atoms with Gasteiger partial charge in [-0.25, -0.2) is 4.39 Å². The molecule has 0 atom stereocenters. The number of hydrogen-bond donors (Lipinski definition) is 1. The monoisotopic (exact) mass is 366 g/mol. The second kappa shape index (κ2) is 8.02. The Morgan fingerprint density at radius 3 is 2.33 bits per heavy atom. The molecule has 1 saturated heterocycles. The van der Waals surface area contributed by atoms with E-state index < -0.39 is 17.6 Å². The standard InChI is InChI=1S/C17H22F4N2.ClH/c18-14-4-3-13(16(9-14)17(19,20)21)11-23-7-5-15(6-8-23)22-10-12-1-2-12;/h3-4,9,12,15,22H,1-2,5-8,10-11H2;1H. The molecule has 7 heteroatoms. The maximum Gasteiger partial charge on any atom is 0.416 e. The molecule has 24 heavy (non-hydrogen) atoms. The van der Waals surface area contributed by atoms with Crippen LogP contribution in [0.2, 0.25) is 0 Å². The van der Waals surface area contributed by atoms with E-state index in [-0.39, 0.29) is 24.5 Å².